The van der Waals surface area contributed by atoms with E-state index in [2.05, 4.69) is 6.92 Å². The van der Waals surface area contributed by atoms with Crippen LogP contribution in [0.4, 0.5) is 0 Å². The van der Waals surface area contributed by atoms with Gasteiger partial charge in [0.25, 0.3) is 0 Å². The fraction of sp³-hybridized carbons (Fsp3) is 0.174. The van der Waals surface area contributed by atoms with Gasteiger partial charge in [-0.2, -0.15) is 0 Å². The first-order chi connectivity index (χ1) is 12.3. The van der Waals surface area contributed by atoms with E-state index in [9.17, 15) is 4.79 Å². The largest absolute Gasteiger partial charge is 0.489 e. The van der Waals surface area contributed by atoms with Gasteiger partial charge in [0, 0.05) is 11.1 Å². The second-order valence-electron chi connectivity index (χ2n) is 6.07. The molecule has 0 radical (unpaired) electrons. The Balaban J connectivity index is 1.64. The molecule has 0 aliphatic heterocycles. The van der Waals surface area contributed by atoms with Crippen molar-refractivity contribution >= 4 is 5.78 Å². The highest BCUT2D eigenvalue weighted by Gasteiger charge is 2.09. The highest BCUT2D eigenvalue weighted by Crippen LogP contribution is 2.17. The molecule has 2 heteroatoms. The van der Waals surface area contributed by atoms with Crippen molar-refractivity contribution in [2.24, 2.45) is 0 Å². The summed E-state index contributed by atoms with van der Waals surface area (Å²) in [5.41, 5.74) is 3.78. The van der Waals surface area contributed by atoms with E-state index in [4.69, 9.17) is 4.74 Å². The second-order valence-corrected chi connectivity index (χ2v) is 6.07. The van der Waals surface area contributed by atoms with Crippen LogP contribution in [0.2, 0.25) is 0 Å². The lowest BCUT2D eigenvalue weighted by atomic mass is 10.0. The Morgan fingerprint density at radius 3 is 1.96 bits per heavy atom. The number of aryl methyl sites for hydroxylation is 1. The summed E-state index contributed by atoms with van der Waals surface area (Å²) in [6.07, 6.45) is 2.15. The van der Waals surface area contributed by atoms with E-state index in [1.54, 1.807) is 0 Å². The number of hydrogen-bond acceptors (Lipinski definition) is 2. The SMILES string of the molecule is CCCc1ccc(C(=O)c2ccc(OCc3ccccc3)cc2)cc1. The van der Waals surface area contributed by atoms with Gasteiger partial charge >= 0.3 is 0 Å². The monoisotopic (exact) mass is 330 g/mol. The van der Waals surface area contributed by atoms with Crippen molar-refractivity contribution in [2.45, 2.75) is 26.4 Å². The molecule has 0 heterocycles. The molecule has 0 unspecified atom stereocenters. The highest BCUT2D eigenvalue weighted by atomic mass is 16.5. The Labute approximate surface area is 149 Å². The molecule has 0 aliphatic carbocycles. The van der Waals surface area contributed by atoms with Crippen LogP contribution in [-0.2, 0) is 13.0 Å². The molecule has 0 saturated heterocycles. The third kappa shape index (κ3) is 4.57. The minimum atomic E-state index is 0.0395. The number of ether oxygens (including phenoxy) is 1. The van der Waals surface area contributed by atoms with Crippen LogP contribution in [0.3, 0.4) is 0 Å². The summed E-state index contributed by atoms with van der Waals surface area (Å²) in [5, 5.41) is 0. The van der Waals surface area contributed by atoms with E-state index in [-0.39, 0.29) is 5.78 Å². The van der Waals surface area contributed by atoms with Crippen molar-refractivity contribution in [2.75, 3.05) is 0 Å². The van der Waals surface area contributed by atoms with Crippen LogP contribution in [0.25, 0.3) is 0 Å². The van der Waals surface area contributed by atoms with Crippen LogP contribution in [0.1, 0.15) is 40.4 Å². The smallest absolute Gasteiger partial charge is 0.193 e. The van der Waals surface area contributed by atoms with Gasteiger partial charge in [0.2, 0.25) is 0 Å². The summed E-state index contributed by atoms with van der Waals surface area (Å²) < 4.78 is 5.76. The Morgan fingerprint density at radius 1 is 0.760 bits per heavy atom. The van der Waals surface area contributed by atoms with Crippen molar-refractivity contribution < 1.29 is 9.53 Å². The number of benzene rings is 3. The van der Waals surface area contributed by atoms with Gasteiger partial charge in [0.15, 0.2) is 5.78 Å². The van der Waals surface area contributed by atoms with Crippen LogP contribution in [0.15, 0.2) is 78.9 Å². The highest BCUT2D eigenvalue weighted by molar-refractivity contribution is 6.09. The molecule has 3 aromatic carbocycles. The van der Waals surface area contributed by atoms with Gasteiger partial charge in [-0.1, -0.05) is 67.9 Å². The molecule has 0 spiro atoms. The lowest BCUT2D eigenvalue weighted by Gasteiger charge is -2.07. The Hall–Kier alpha value is -2.87. The van der Waals surface area contributed by atoms with Crippen LogP contribution < -0.4 is 4.74 Å². The van der Waals surface area contributed by atoms with Gasteiger partial charge < -0.3 is 4.74 Å². The predicted molar refractivity (Wildman–Crippen MR) is 101 cm³/mol. The summed E-state index contributed by atoms with van der Waals surface area (Å²) in [7, 11) is 0. The van der Waals surface area contributed by atoms with Gasteiger partial charge in [-0.05, 0) is 41.8 Å². The molecule has 2 nitrogen and oxygen atoms in total. The molecular formula is C23H22O2. The molecule has 0 bridgehead atoms. The Morgan fingerprint density at radius 2 is 1.36 bits per heavy atom. The van der Waals surface area contributed by atoms with Gasteiger partial charge in [-0.15, -0.1) is 0 Å². The molecule has 0 atom stereocenters. The summed E-state index contributed by atoms with van der Waals surface area (Å²) in [5.74, 6) is 0.802. The minimum Gasteiger partial charge on any atom is -0.489 e. The Kier molecular flexibility index (Phi) is 5.63. The molecule has 126 valence electrons. The molecule has 0 fully saturated rings. The van der Waals surface area contributed by atoms with E-state index in [0.29, 0.717) is 12.2 Å². The number of carbonyl (C=O) groups excluding carboxylic acids is 1. The molecule has 0 amide bonds. The number of hydrogen-bond donors (Lipinski definition) is 0. The molecule has 0 N–H and O–H groups in total. The Bertz CT molecular complexity index is 803. The zero-order valence-corrected chi connectivity index (χ0v) is 14.4. The topological polar surface area (TPSA) is 26.3 Å². The third-order valence-electron chi connectivity index (χ3n) is 4.12. The standard InChI is InChI=1S/C23H22O2/c1-2-6-18-9-11-20(12-10-18)23(24)21-13-15-22(16-14-21)25-17-19-7-4-3-5-8-19/h3-5,7-16H,2,6,17H2,1H3. The van der Waals surface area contributed by atoms with Crippen molar-refractivity contribution in [1.29, 1.82) is 0 Å². The first-order valence-corrected chi connectivity index (χ1v) is 8.66. The van der Waals surface area contributed by atoms with Gasteiger partial charge in [-0.3, -0.25) is 4.79 Å². The molecule has 0 aliphatic rings. The lowest BCUT2D eigenvalue weighted by molar-refractivity contribution is 0.103. The maximum atomic E-state index is 12.6. The van der Waals surface area contributed by atoms with Crippen molar-refractivity contribution in [3.63, 3.8) is 0 Å². The third-order valence-corrected chi connectivity index (χ3v) is 4.12. The zero-order valence-electron chi connectivity index (χ0n) is 14.4. The van der Waals surface area contributed by atoms with Crippen molar-refractivity contribution in [3.8, 4) is 5.75 Å². The maximum absolute atomic E-state index is 12.6. The number of rotatable bonds is 7. The molecule has 0 saturated carbocycles. The summed E-state index contributed by atoms with van der Waals surface area (Å²) in [4.78, 5) is 12.6. The van der Waals surface area contributed by atoms with E-state index in [0.717, 1.165) is 29.7 Å². The van der Waals surface area contributed by atoms with E-state index < -0.39 is 0 Å². The number of ketones is 1. The summed E-state index contributed by atoms with van der Waals surface area (Å²) >= 11 is 0. The quantitative estimate of drug-likeness (QED) is 0.539. The molecule has 3 rings (SSSR count). The maximum Gasteiger partial charge on any atom is 0.193 e. The summed E-state index contributed by atoms with van der Waals surface area (Å²) in [6.45, 7) is 2.67. The number of carbonyl (C=O) groups is 1. The van der Waals surface area contributed by atoms with Crippen LogP contribution in [-0.4, -0.2) is 5.78 Å². The molecule has 0 aromatic heterocycles. The van der Waals surface area contributed by atoms with Gasteiger partial charge in [0.1, 0.15) is 12.4 Å². The lowest BCUT2D eigenvalue weighted by Crippen LogP contribution is -2.02. The van der Waals surface area contributed by atoms with E-state index >= 15 is 0 Å². The van der Waals surface area contributed by atoms with Crippen LogP contribution in [0, 0.1) is 0 Å². The fourth-order valence-electron chi connectivity index (χ4n) is 2.72. The van der Waals surface area contributed by atoms with Crippen LogP contribution >= 0.6 is 0 Å². The normalized spacial score (nSPS) is 10.4. The average Bonchev–Trinajstić information content (AvgIpc) is 2.68. The molecule has 25 heavy (non-hydrogen) atoms. The zero-order chi connectivity index (χ0) is 17.5. The first-order valence-electron chi connectivity index (χ1n) is 8.66. The first kappa shape index (κ1) is 17.0. The van der Waals surface area contributed by atoms with Crippen molar-refractivity contribution in [3.05, 3.63) is 101 Å². The predicted octanol–water partition coefficient (Wildman–Crippen LogP) is 5.45. The van der Waals surface area contributed by atoms with Crippen LogP contribution in [0.5, 0.6) is 5.75 Å². The van der Waals surface area contributed by atoms with Gasteiger partial charge in [0.05, 0.1) is 0 Å². The second kappa shape index (κ2) is 8.29. The van der Waals surface area contributed by atoms with E-state index in [1.165, 1.54) is 5.56 Å². The molecule has 3 aromatic rings. The molecular weight excluding hydrogens is 308 g/mol. The average molecular weight is 330 g/mol. The minimum absolute atomic E-state index is 0.0395. The fourth-order valence-corrected chi connectivity index (χ4v) is 2.72. The van der Waals surface area contributed by atoms with Gasteiger partial charge in [-0.25, -0.2) is 0 Å². The van der Waals surface area contributed by atoms with E-state index in [1.807, 2.05) is 78.9 Å². The van der Waals surface area contributed by atoms with Crippen molar-refractivity contribution in [1.82, 2.24) is 0 Å². The summed E-state index contributed by atoms with van der Waals surface area (Å²) in [6, 6.07) is 25.3.